The lowest BCUT2D eigenvalue weighted by Crippen LogP contribution is -2.51. The van der Waals surface area contributed by atoms with Gasteiger partial charge in [-0.3, -0.25) is 9.59 Å². The van der Waals surface area contributed by atoms with Crippen molar-refractivity contribution in [3.63, 3.8) is 0 Å². The second-order valence-electron chi connectivity index (χ2n) is 9.37. The second kappa shape index (κ2) is 12.0. The highest BCUT2D eigenvalue weighted by Crippen LogP contribution is 2.45. The summed E-state index contributed by atoms with van der Waals surface area (Å²) in [5.74, 6) is -7.00. The largest absolute Gasteiger partial charge is 0.417 e. The van der Waals surface area contributed by atoms with Crippen LogP contribution in [0.3, 0.4) is 0 Å². The molecule has 1 aliphatic carbocycles. The Morgan fingerprint density at radius 2 is 1.62 bits per heavy atom. The highest BCUT2D eigenvalue weighted by molar-refractivity contribution is 9.13. The van der Waals surface area contributed by atoms with Gasteiger partial charge in [0.05, 0.1) is 20.6 Å². The molecule has 0 bridgehead atoms. The number of allylic oxidation sites excluding steroid dienone is 1. The average Bonchev–Trinajstić information content (AvgIpc) is 3.63. The number of halogens is 13. The fraction of sp³-hybridized carbons (Fsp3) is 0.360. The zero-order valence-corrected chi connectivity index (χ0v) is 24.8. The molecule has 0 saturated heterocycles. The molecular formula is C25H17Br2ClF10N2O2. The molecule has 0 radical (unpaired) electrons. The summed E-state index contributed by atoms with van der Waals surface area (Å²) in [5, 5.41) is 2.05. The molecule has 17 heteroatoms. The summed E-state index contributed by atoms with van der Waals surface area (Å²) in [6.45, 7) is -1.67. The van der Waals surface area contributed by atoms with Crippen LogP contribution in [-0.2, 0) is 11.0 Å². The Morgan fingerprint density at radius 3 is 2.12 bits per heavy atom. The molecule has 3 rings (SSSR count). The van der Waals surface area contributed by atoms with Gasteiger partial charge in [0, 0.05) is 17.1 Å². The van der Waals surface area contributed by atoms with Crippen LogP contribution in [-0.4, -0.2) is 48.2 Å². The number of carbonyl (C=O) groups excluding carboxylic acids is 2. The molecule has 0 aliphatic heterocycles. The fourth-order valence-electron chi connectivity index (χ4n) is 4.02. The van der Waals surface area contributed by atoms with Crippen LogP contribution in [0.5, 0.6) is 0 Å². The van der Waals surface area contributed by atoms with Gasteiger partial charge in [0.25, 0.3) is 5.91 Å². The maximum atomic E-state index is 15.1. The van der Waals surface area contributed by atoms with E-state index >= 15 is 4.39 Å². The molecule has 4 nitrogen and oxygen atoms in total. The Bertz CT molecular complexity index is 1420. The van der Waals surface area contributed by atoms with Crippen LogP contribution in [0.2, 0.25) is 5.02 Å². The van der Waals surface area contributed by atoms with Gasteiger partial charge in [0.2, 0.25) is 5.91 Å². The Labute approximate surface area is 253 Å². The van der Waals surface area contributed by atoms with Gasteiger partial charge in [0.1, 0.15) is 23.8 Å². The van der Waals surface area contributed by atoms with Crippen molar-refractivity contribution >= 4 is 61.1 Å². The molecule has 230 valence electrons. The number of benzene rings is 2. The van der Waals surface area contributed by atoms with Crippen molar-refractivity contribution in [1.82, 2.24) is 10.2 Å². The number of nitrogens with one attached hydrogen (secondary N) is 1. The van der Waals surface area contributed by atoms with Gasteiger partial charge < -0.3 is 10.2 Å². The van der Waals surface area contributed by atoms with E-state index in [2.05, 4.69) is 31.9 Å². The van der Waals surface area contributed by atoms with Gasteiger partial charge >= 0.3 is 18.5 Å². The summed E-state index contributed by atoms with van der Waals surface area (Å²) in [6.07, 6.45) is -15.4. The summed E-state index contributed by atoms with van der Waals surface area (Å²) in [6, 6.07) is 3.31. The third-order valence-electron chi connectivity index (χ3n) is 6.19. The van der Waals surface area contributed by atoms with E-state index in [1.165, 1.54) is 0 Å². The van der Waals surface area contributed by atoms with Crippen LogP contribution < -0.4 is 5.32 Å². The van der Waals surface area contributed by atoms with Gasteiger partial charge in [-0.2, -0.15) is 39.5 Å². The summed E-state index contributed by atoms with van der Waals surface area (Å²) >= 11 is 11.8. The number of carbonyl (C=O) groups is 2. The van der Waals surface area contributed by atoms with E-state index in [4.69, 9.17) is 11.6 Å². The zero-order chi connectivity index (χ0) is 32.0. The Balaban J connectivity index is 1.98. The van der Waals surface area contributed by atoms with E-state index in [1.807, 2.05) is 5.32 Å². The van der Waals surface area contributed by atoms with Crippen molar-refractivity contribution in [3.8, 4) is 0 Å². The number of likely N-dealkylation sites (N-methyl/N-ethyl adjacent to an activating group) is 1. The predicted octanol–water partition coefficient (Wildman–Crippen LogP) is 8.82. The Kier molecular flexibility index (Phi) is 9.75. The first kappa shape index (κ1) is 34.2. The third-order valence-corrected chi connectivity index (χ3v) is 8.94. The minimum absolute atomic E-state index is 0.0240. The third kappa shape index (κ3) is 7.78. The predicted molar refractivity (Wildman–Crippen MR) is 139 cm³/mol. The average molecular weight is 763 g/mol. The van der Waals surface area contributed by atoms with Crippen LogP contribution in [0, 0.1) is 0 Å². The van der Waals surface area contributed by atoms with Gasteiger partial charge in [-0.15, -0.1) is 0 Å². The van der Waals surface area contributed by atoms with Crippen molar-refractivity contribution in [2.45, 2.75) is 42.8 Å². The van der Waals surface area contributed by atoms with E-state index in [-0.39, 0.29) is 43.9 Å². The van der Waals surface area contributed by atoms with Crippen LogP contribution in [0.25, 0.3) is 5.83 Å². The Hall–Kier alpha value is -2.33. The normalized spacial score (nSPS) is 16.2. The topological polar surface area (TPSA) is 49.4 Å². The molecule has 42 heavy (non-hydrogen) atoms. The number of nitrogens with zero attached hydrogens (tertiary/aromatic N) is 1. The molecule has 0 heterocycles. The lowest BCUT2D eigenvalue weighted by molar-refractivity contribution is -0.160. The standard InChI is InChI=1S/C25H17Br2ClF10N2O2/c1-40(10-23(30,31)32)21(42)22(6-7-22)39-20(41)13-3-2-11(8-14(13)24(33,34)35)17(29)9-15(25(36,37)38)12-4-5-16(28)19(27)18(12)26/h2-5,8-9,15H,6-7,10H2,1H3,(H,39,41)/b17-9-. The lowest BCUT2D eigenvalue weighted by atomic mass is 9.95. The first-order valence-corrected chi connectivity index (χ1v) is 13.5. The number of rotatable bonds is 7. The van der Waals surface area contributed by atoms with Crippen LogP contribution >= 0.6 is 43.5 Å². The fourth-order valence-corrected chi connectivity index (χ4v) is 5.24. The molecule has 0 spiro atoms. The van der Waals surface area contributed by atoms with Crippen LogP contribution in [0.1, 0.15) is 45.8 Å². The van der Waals surface area contributed by atoms with Crippen LogP contribution in [0.4, 0.5) is 43.9 Å². The van der Waals surface area contributed by atoms with E-state index in [9.17, 15) is 49.1 Å². The van der Waals surface area contributed by atoms with Crippen molar-refractivity contribution in [2.24, 2.45) is 0 Å². The highest BCUT2D eigenvalue weighted by atomic mass is 79.9. The Morgan fingerprint density at radius 1 is 1.02 bits per heavy atom. The van der Waals surface area contributed by atoms with Gasteiger partial charge in [-0.1, -0.05) is 23.7 Å². The number of alkyl halides is 9. The van der Waals surface area contributed by atoms with Crippen LogP contribution in [0.15, 0.2) is 45.4 Å². The SMILES string of the molecule is CN(CC(F)(F)F)C(=O)C1(NC(=O)c2ccc(/C(F)=C/C(c3ccc(Cl)c(Br)c3Br)C(F)(F)F)cc2C(F)(F)F)CC1. The molecule has 1 saturated carbocycles. The first-order valence-electron chi connectivity index (χ1n) is 11.5. The molecular weight excluding hydrogens is 746 g/mol. The quantitative estimate of drug-likeness (QED) is 0.227. The maximum Gasteiger partial charge on any atom is 0.417 e. The first-order chi connectivity index (χ1) is 19.1. The molecule has 0 aromatic heterocycles. The monoisotopic (exact) mass is 760 g/mol. The number of amides is 2. The van der Waals surface area contributed by atoms with Crippen molar-refractivity contribution < 1.29 is 53.5 Å². The lowest BCUT2D eigenvalue weighted by Gasteiger charge is -2.25. The number of hydrogen-bond donors (Lipinski definition) is 1. The summed E-state index contributed by atoms with van der Waals surface area (Å²) < 4.78 is 136. The molecule has 2 amide bonds. The minimum atomic E-state index is -5.32. The summed E-state index contributed by atoms with van der Waals surface area (Å²) in [7, 11) is 0.808. The summed E-state index contributed by atoms with van der Waals surface area (Å²) in [5.41, 5.74) is -6.18. The number of hydrogen-bond acceptors (Lipinski definition) is 2. The van der Waals surface area contributed by atoms with Gasteiger partial charge in [-0.25, -0.2) is 4.39 Å². The minimum Gasteiger partial charge on any atom is -0.338 e. The zero-order valence-electron chi connectivity index (χ0n) is 20.8. The van der Waals surface area contributed by atoms with Gasteiger partial charge in [0.15, 0.2) is 0 Å². The second-order valence-corrected chi connectivity index (χ2v) is 11.4. The smallest absolute Gasteiger partial charge is 0.338 e. The molecule has 1 fully saturated rings. The molecule has 1 unspecified atom stereocenters. The van der Waals surface area contributed by atoms with Crippen molar-refractivity contribution in [2.75, 3.05) is 13.6 Å². The highest BCUT2D eigenvalue weighted by Gasteiger charge is 2.54. The van der Waals surface area contributed by atoms with Crippen molar-refractivity contribution in [3.05, 3.63) is 72.6 Å². The molecule has 1 N–H and O–H groups in total. The van der Waals surface area contributed by atoms with E-state index in [0.29, 0.717) is 12.1 Å². The van der Waals surface area contributed by atoms with Gasteiger partial charge in [-0.05, 0) is 74.5 Å². The summed E-state index contributed by atoms with van der Waals surface area (Å²) in [4.78, 5) is 25.5. The molecule has 2 aromatic carbocycles. The van der Waals surface area contributed by atoms with E-state index in [0.717, 1.165) is 19.2 Å². The molecule has 1 aliphatic rings. The van der Waals surface area contributed by atoms with E-state index in [1.54, 1.807) is 0 Å². The maximum absolute atomic E-state index is 15.1. The van der Waals surface area contributed by atoms with E-state index < -0.39 is 76.4 Å². The molecule has 1 atom stereocenters. The van der Waals surface area contributed by atoms with Crippen molar-refractivity contribution in [1.29, 1.82) is 0 Å². The molecule has 2 aromatic rings.